The molecule has 9 heteroatoms. The molecule has 1 saturated heterocycles. The van der Waals surface area contributed by atoms with Crippen molar-refractivity contribution in [3.8, 4) is 0 Å². The Morgan fingerprint density at radius 1 is 1.28 bits per heavy atom. The standard InChI is InChI=1S/C15H15Cl2N3O.C5H11NO2/c16-12-3-1-11(14(17)7-12)2-4-15(21)20-8-13(9-20)19-6-5-18-10-19;1-5(2,3)8-4(6)7/h1,3,5-7,10,13H,2,4,8-9H2;1-3H3,(H2,6,7). The lowest BCUT2D eigenvalue weighted by atomic mass is 10.1. The lowest BCUT2D eigenvalue weighted by molar-refractivity contribution is -0.136. The maximum absolute atomic E-state index is 12.1. The average molecular weight is 441 g/mol. The highest BCUT2D eigenvalue weighted by Gasteiger charge is 2.31. The lowest BCUT2D eigenvalue weighted by Crippen LogP contribution is -2.50. The van der Waals surface area contributed by atoms with Gasteiger partial charge >= 0.3 is 6.09 Å². The van der Waals surface area contributed by atoms with E-state index in [1.807, 2.05) is 21.7 Å². The van der Waals surface area contributed by atoms with Gasteiger partial charge in [-0.05, 0) is 44.9 Å². The fourth-order valence-corrected chi connectivity index (χ4v) is 3.26. The first-order valence-electron chi connectivity index (χ1n) is 9.23. The number of aromatic nitrogens is 2. The monoisotopic (exact) mass is 440 g/mol. The number of nitrogens with zero attached hydrogens (tertiary/aromatic N) is 3. The van der Waals surface area contributed by atoms with Crippen molar-refractivity contribution < 1.29 is 14.3 Å². The minimum Gasteiger partial charge on any atom is -0.444 e. The van der Waals surface area contributed by atoms with Gasteiger partial charge in [0.25, 0.3) is 0 Å². The summed E-state index contributed by atoms with van der Waals surface area (Å²) in [5.74, 6) is 0.164. The smallest absolute Gasteiger partial charge is 0.405 e. The van der Waals surface area contributed by atoms with Crippen molar-refractivity contribution in [2.45, 2.75) is 45.3 Å². The van der Waals surface area contributed by atoms with E-state index in [9.17, 15) is 9.59 Å². The highest BCUT2D eigenvalue weighted by atomic mass is 35.5. The van der Waals surface area contributed by atoms with E-state index in [0.717, 1.165) is 18.7 Å². The van der Waals surface area contributed by atoms with E-state index in [0.29, 0.717) is 28.9 Å². The van der Waals surface area contributed by atoms with Crippen LogP contribution in [0.2, 0.25) is 10.0 Å². The fourth-order valence-electron chi connectivity index (χ4n) is 2.76. The summed E-state index contributed by atoms with van der Waals surface area (Å²) in [5, 5.41) is 1.23. The largest absolute Gasteiger partial charge is 0.444 e. The Morgan fingerprint density at radius 3 is 2.45 bits per heavy atom. The van der Waals surface area contributed by atoms with Gasteiger partial charge in [0, 0.05) is 41.9 Å². The van der Waals surface area contributed by atoms with Crippen molar-refractivity contribution in [2.24, 2.45) is 5.73 Å². The molecule has 0 atom stereocenters. The molecule has 2 aromatic rings. The molecule has 3 rings (SSSR count). The van der Waals surface area contributed by atoms with E-state index in [2.05, 4.69) is 9.72 Å². The summed E-state index contributed by atoms with van der Waals surface area (Å²) in [6.45, 7) is 6.79. The van der Waals surface area contributed by atoms with E-state index < -0.39 is 11.7 Å². The average Bonchev–Trinajstić information content (AvgIpc) is 3.05. The third-order valence-corrected chi connectivity index (χ3v) is 4.78. The zero-order valence-corrected chi connectivity index (χ0v) is 18.3. The van der Waals surface area contributed by atoms with Gasteiger partial charge in [0.2, 0.25) is 5.91 Å². The highest BCUT2D eigenvalue weighted by molar-refractivity contribution is 6.35. The van der Waals surface area contributed by atoms with Crippen LogP contribution in [0.4, 0.5) is 4.79 Å². The van der Waals surface area contributed by atoms with Crippen LogP contribution in [0.15, 0.2) is 36.9 Å². The summed E-state index contributed by atoms with van der Waals surface area (Å²) in [6, 6.07) is 5.74. The van der Waals surface area contributed by atoms with Gasteiger partial charge in [-0.2, -0.15) is 0 Å². The van der Waals surface area contributed by atoms with Crippen LogP contribution in [0, 0.1) is 0 Å². The van der Waals surface area contributed by atoms with Crippen molar-refractivity contribution in [2.75, 3.05) is 13.1 Å². The molecule has 1 aromatic carbocycles. The summed E-state index contributed by atoms with van der Waals surface area (Å²) in [6.07, 6.45) is 5.86. The Balaban J connectivity index is 0.000000321. The Labute approximate surface area is 180 Å². The second-order valence-corrected chi connectivity index (χ2v) is 8.58. The second kappa shape index (κ2) is 9.98. The number of carbonyl (C=O) groups is 2. The molecule has 0 bridgehead atoms. The van der Waals surface area contributed by atoms with E-state index in [1.165, 1.54) is 0 Å². The predicted molar refractivity (Wildman–Crippen MR) is 113 cm³/mol. The van der Waals surface area contributed by atoms with E-state index >= 15 is 0 Å². The van der Waals surface area contributed by atoms with Crippen molar-refractivity contribution in [3.63, 3.8) is 0 Å². The Kier molecular flexibility index (Phi) is 7.93. The number of aryl methyl sites for hydroxylation is 1. The molecule has 1 aliphatic rings. The van der Waals surface area contributed by atoms with Gasteiger partial charge in [0.15, 0.2) is 0 Å². The van der Waals surface area contributed by atoms with Crippen LogP contribution in [-0.2, 0) is 16.0 Å². The maximum atomic E-state index is 12.1. The number of amides is 2. The quantitative estimate of drug-likeness (QED) is 0.774. The van der Waals surface area contributed by atoms with Crippen LogP contribution < -0.4 is 5.73 Å². The Hall–Kier alpha value is -2.25. The molecule has 0 spiro atoms. The molecule has 29 heavy (non-hydrogen) atoms. The number of benzene rings is 1. The topological polar surface area (TPSA) is 90.5 Å². The molecule has 0 unspecified atom stereocenters. The first-order valence-corrected chi connectivity index (χ1v) is 9.98. The molecule has 0 aliphatic carbocycles. The third kappa shape index (κ3) is 7.59. The van der Waals surface area contributed by atoms with Gasteiger partial charge < -0.3 is 19.9 Å². The van der Waals surface area contributed by atoms with E-state index in [4.69, 9.17) is 28.9 Å². The molecule has 158 valence electrons. The minimum atomic E-state index is -0.725. The van der Waals surface area contributed by atoms with Crippen LogP contribution >= 0.6 is 23.2 Å². The van der Waals surface area contributed by atoms with E-state index in [-0.39, 0.29) is 5.91 Å². The number of primary amides is 1. The van der Waals surface area contributed by atoms with Gasteiger partial charge in [-0.25, -0.2) is 9.78 Å². The molecular weight excluding hydrogens is 415 g/mol. The molecule has 1 aliphatic heterocycles. The van der Waals surface area contributed by atoms with Gasteiger partial charge in [-0.3, -0.25) is 4.79 Å². The second-order valence-electron chi connectivity index (χ2n) is 7.73. The predicted octanol–water partition coefficient (Wildman–Crippen LogP) is 4.09. The molecular formula is C20H26Cl2N4O3. The van der Waals surface area contributed by atoms with Gasteiger partial charge in [0.1, 0.15) is 5.60 Å². The van der Waals surface area contributed by atoms with Crippen molar-refractivity contribution in [1.82, 2.24) is 14.5 Å². The maximum Gasteiger partial charge on any atom is 0.405 e. The Morgan fingerprint density at radius 2 is 1.97 bits per heavy atom. The van der Waals surface area contributed by atoms with Crippen LogP contribution in [0.3, 0.4) is 0 Å². The van der Waals surface area contributed by atoms with Crippen LogP contribution in [0.1, 0.15) is 38.8 Å². The van der Waals surface area contributed by atoms with Crippen molar-refractivity contribution in [3.05, 3.63) is 52.5 Å². The zero-order valence-electron chi connectivity index (χ0n) is 16.8. The summed E-state index contributed by atoms with van der Waals surface area (Å²) in [4.78, 5) is 28.0. The zero-order chi connectivity index (χ0) is 21.6. The number of ether oxygens (including phenoxy) is 1. The minimum absolute atomic E-state index is 0.164. The summed E-state index contributed by atoms with van der Waals surface area (Å²) in [7, 11) is 0. The summed E-state index contributed by atoms with van der Waals surface area (Å²) < 4.78 is 6.62. The molecule has 7 nitrogen and oxygen atoms in total. The number of hydrogen-bond donors (Lipinski definition) is 1. The normalized spacial score (nSPS) is 13.9. The van der Waals surface area contributed by atoms with Crippen LogP contribution in [-0.4, -0.2) is 45.1 Å². The first-order chi connectivity index (χ1) is 13.5. The molecule has 1 aromatic heterocycles. The third-order valence-electron chi connectivity index (χ3n) is 4.19. The number of rotatable bonds is 4. The van der Waals surface area contributed by atoms with E-state index in [1.54, 1.807) is 45.4 Å². The van der Waals surface area contributed by atoms with Crippen molar-refractivity contribution >= 4 is 35.2 Å². The van der Waals surface area contributed by atoms with Crippen molar-refractivity contribution in [1.29, 1.82) is 0 Å². The molecule has 1 fully saturated rings. The first kappa shape index (κ1) is 23.0. The number of hydrogen-bond acceptors (Lipinski definition) is 4. The number of halogens is 2. The summed E-state index contributed by atoms with van der Waals surface area (Å²) in [5.41, 5.74) is 5.22. The van der Waals surface area contributed by atoms with Gasteiger partial charge in [-0.15, -0.1) is 0 Å². The highest BCUT2D eigenvalue weighted by Crippen LogP contribution is 2.24. The van der Waals surface area contributed by atoms with Crippen LogP contribution in [0.5, 0.6) is 0 Å². The SMILES string of the molecule is CC(C)(C)OC(N)=O.O=C(CCc1ccc(Cl)cc1Cl)N1CC(n2ccnc2)C1. The fraction of sp³-hybridized carbons (Fsp3) is 0.450. The molecule has 0 radical (unpaired) electrons. The number of nitrogens with two attached hydrogens (primary N) is 1. The molecule has 2 amide bonds. The lowest BCUT2D eigenvalue weighted by Gasteiger charge is -2.39. The molecule has 0 saturated carbocycles. The van der Waals surface area contributed by atoms with Gasteiger partial charge in [-0.1, -0.05) is 29.3 Å². The molecule has 2 heterocycles. The van der Waals surface area contributed by atoms with Gasteiger partial charge in [0.05, 0.1) is 12.4 Å². The number of likely N-dealkylation sites (tertiary alicyclic amines) is 1. The summed E-state index contributed by atoms with van der Waals surface area (Å²) >= 11 is 12.0. The number of imidazole rings is 1. The number of carbonyl (C=O) groups excluding carboxylic acids is 2. The van der Waals surface area contributed by atoms with Crippen LogP contribution in [0.25, 0.3) is 0 Å². The Bertz CT molecular complexity index is 829. The molecule has 2 N–H and O–H groups in total.